The van der Waals surface area contributed by atoms with Crippen LogP contribution in [0.2, 0.25) is 0 Å². The maximum Gasteiger partial charge on any atom is 0.219 e. The van der Waals surface area contributed by atoms with Crippen LogP contribution in [-0.4, -0.2) is 20.2 Å². The van der Waals surface area contributed by atoms with Gasteiger partial charge >= 0.3 is 0 Å². The van der Waals surface area contributed by atoms with Gasteiger partial charge in [0.2, 0.25) is 5.65 Å². The topological polar surface area (TPSA) is 56.2 Å². The van der Waals surface area contributed by atoms with Crippen molar-refractivity contribution >= 4 is 5.65 Å². The number of rotatable bonds is 0. The van der Waals surface area contributed by atoms with Crippen LogP contribution >= 0.6 is 0 Å². The van der Waals surface area contributed by atoms with Crippen molar-refractivity contribution in [3.8, 4) is 0 Å². The number of tetrazole rings is 1. The van der Waals surface area contributed by atoms with E-state index in [9.17, 15) is 0 Å². The summed E-state index contributed by atoms with van der Waals surface area (Å²) >= 11 is 0. The van der Waals surface area contributed by atoms with E-state index in [1.54, 1.807) is 6.07 Å². The minimum Gasteiger partial charge on any atom is -0.359 e. The Morgan fingerprint density at radius 3 is 3.33 bits per heavy atom. The van der Waals surface area contributed by atoms with Gasteiger partial charge in [-0.1, -0.05) is 4.69 Å². The van der Waals surface area contributed by atoms with E-state index in [0.29, 0.717) is 5.65 Å². The standard InChI is InChI=1S/C4H4N4O/c1-3-2-4-5-6-7-8(4)9-3/h2H,1H3. The fraction of sp³-hybridized carbons (Fsp3) is 0.250. The molecule has 2 heterocycles. The molecule has 0 aliphatic rings. The molecule has 0 radical (unpaired) electrons. The molecule has 46 valence electrons. The fourth-order valence-corrected chi connectivity index (χ4v) is 0.680. The summed E-state index contributed by atoms with van der Waals surface area (Å²) in [5.74, 6) is 0.785. The van der Waals surface area contributed by atoms with Crippen LogP contribution in [0.5, 0.6) is 0 Å². The third-order valence-electron chi connectivity index (χ3n) is 1.03. The Morgan fingerprint density at radius 2 is 2.56 bits per heavy atom. The molecule has 0 amide bonds. The van der Waals surface area contributed by atoms with Gasteiger partial charge in [0.25, 0.3) is 0 Å². The zero-order valence-electron chi connectivity index (χ0n) is 4.77. The lowest BCUT2D eigenvalue weighted by atomic mass is 10.5. The van der Waals surface area contributed by atoms with E-state index in [1.807, 2.05) is 6.92 Å². The molecule has 0 atom stereocenters. The van der Waals surface area contributed by atoms with Gasteiger partial charge in [0, 0.05) is 6.07 Å². The number of hydrogen-bond acceptors (Lipinski definition) is 4. The molecular formula is C4H4N4O. The van der Waals surface area contributed by atoms with Crippen molar-refractivity contribution in [3.63, 3.8) is 0 Å². The average Bonchev–Trinajstić information content (AvgIpc) is 2.22. The largest absolute Gasteiger partial charge is 0.359 e. The van der Waals surface area contributed by atoms with E-state index < -0.39 is 0 Å². The zero-order valence-corrected chi connectivity index (χ0v) is 4.77. The van der Waals surface area contributed by atoms with Gasteiger partial charge in [0.05, 0.1) is 0 Å². The predicted molar refractivity (Wildman–Crippen MR) is 27.8 cm³/mol. The van der Waals surface area contributed by atoms with Crippen LogP contribution in [0.15, 0.2) is 10.6 Å². The molecule has 2 aromatic heterocycles. The van der Waals surface area contributed by atoms with Gasteiger partial charge < -0.3 is 4.52 Å². The number of fused-ring (bicyclic) bond motifs is 1. The molecule has 9 heavy (non-hydrogen) atoms. The van der Waals surface area contributed by atoms with E-state index >= 15 is 0 Å². The van der Waals surface area contributed by atoms with E-state index in [-0.39, 0.29) is 0 Å². The van der Waals surface area contributed by atoms with Gasteiger partial charge in [-0.3, -0.25) is 0 Å². The highest BCUT2D eigenvalue weighted by Gasteiger charge is 1.99. The van der Waals surface area contributed by atoms with Crippen LogP contribution < -0.4 is 0 Å². The summed E-state index contributed by atoms with van der Waals surface area (Å²) < 4.78 is 6.26. The van der Waals surface area contributed by atoms with Gasteiger partial charge in [0.15, 0.2) is 0 Å². The van der Waals surface area contributed by atoms with Crippen LogP contribution in [-0.2, 0) is 0 Å². The second-order valence-corrected chi connectivity index (χ2v) is 1.76. The lowest BCUT2D eigenvalue weighted by Crippen LogP contribution is -1.78. The molecule has 0 aliphatic carbocycles. The lowest BCUT2D eigenvalue weighted by molar-refractivity contribution is 0.313. The minimum absolute atomic E-state index is 0.646. The van der Waals surface area contributed by atoms with Crippen molar-refractivity contribution in [2.24, 2.45) is 0 Å². The molecule has 0 bridgehead atoms. The highest BCUT2D eigenvalue weighted by Crippen LogP contribution is 2.01. The summed E-state index contributed by atoms with van der Waals surface area (Å²) in [5, 5.41) is 10.5. The lowest BCUT2D eigenvalue weighted by Gasteiger charge is -1.73. The summed E-state index contributed by atoms with van der Waals surface area (Å²) in [6, 6.07) is 1.76. The first kappa shape index (κ1) is 4.49. The zero-order chi connectivity index (χ0) is 6.27. The van der Waals surface area contributed by atoms with Crippen molar-refractivity contribution in [3.05, 3.63) is 11.8 Å². The van der Waals surface area contributed by atoms with Crippen LogP contribution in [0.4, 0.5) is 0 Å². The third-order valence-corrected chi connectivity index (χ3v) is 1.03. The molecule has 0 saturated carbocycles. The van der Waals surface area contributed by atoms with Crippen molar-refractivity contribution in [1.82, 2.24) is 20.2 Å². The SMILES string of the molecule is Cc1cc2nnnn2o1. The molecule has 2 aromatic rings. The number of nitrogens with zero attached hydrogens (tertiary/aromatic N) is 4. The molecule has 0 fully saturated rings. The normalized spacial score (nSPS) is 10.8. The van der Waals surface area contributed by atoms with Gasteiger partial charge in [-0.25, -0.2) is 0 Å². The summed E-state index contributed by atoms with van der Waals surface area (Å²) in [4.78, 5) is 0. The average molecular weight is 124 g/mol. The molecule has 5 nitrogen and oxygen atoms in total. The highest BCUT2D eigenvalue weighted by molar-refractivity contribution is 5.33. The predicted octanol–water partition coefficient (Wildman–Crippen LogP) is 0.0257. The molecule has 0 aromatic carbocycles. The summed E-state index contributed by atoms with van der Waals surface area (Å²) in [5.41, 5.74) is 0.646. The highest BCUT2D eigenvalue weighted by atomic mass is 16.5. The first-order valence-corrected chi connectivity index (χ1v) is 2.51. The molecule has 0 N–H and O–H groups in total. The first-order valence-electron chi connectivity index (χ1n) is 2.51. The maximum absolute atomic E-state index is 4.99. The second-order valence-electron chi connectivity index (χ2n) is 1.76. The van der Waals surface area contributed by atoms with Crippen molar-refractivity contribution < 1.29 is 4.52 Å². The van der Waals surface area contributed by atoms with Crippen LogP contribution in [0, 0.1) is 6.92 Å². The Morgan fingerprint density at radius 1 is 1.67 bits per heavy atom. The Hall–Kier alpha value is -1.39. The molecule has 5 heteroatoms. The summed E-state index contributed by atoms with van der Waals surface area (Å²) in [6.07, 6.45) is 0. The Labute approximate surface area is 50.2 Å². The van der Waals surface area contributed by atoms with Crippen LogP contribution in [0.1, 0.15) is 5.76 Å². The van der Waals surface area contributed by atoms with Crippen molar-refractivity contribution in [1.29, 1.82) is 0 Å². The fourth-order valence-electron chi connectivity index (χ4n) is 0.680. The molecule has 0 saturated heterocycles. The second kappa shape index (κ2) is 1.31. The van der Waals surface area contributed by atoms with Gasteiger partial charge in [-0.15, -0.1) is 5.10 Å². The van der Waals surface area contributed by atoms with Crippen LogP contribution in [0.3, 0.4) is 0 Å². The van der Waals surface area contributed by atoms with Crippen LogP contribution in [0.25, 0.3) is 5.65 Å². The molecular weight excluding hydrogens is 120 g/mol. The Kier molecular flexibility index (Phi) is 0.652. The summed E-state index contributed by atoms with van der Waals surface area (Å²) in [7, 11) is 0. The summed E-state index contributed by atoms with van der Waals surface area (Å²) in [6.45, 7) is 1.83. The van der Waals surface area contributed by atoms with Crippen molar-refractivity contribution in [2.75, 3.05) is 0 Å². The molecule has 0 aliphatic heterocycles. The van der Waals surface area contributed by atoms with Gasteiger partial charge in [-0.05, 0) is 17.4 Å². The van der Waals surface area contributed by atoms with E-state index in [0.717, 1.165) is 5.76 Å². The maximum atomic E-state index is 4.99. The Balaban J connectivity index is 2.92. The van der Waals surface area contributed by atoms with E-state index in [4.69, 9.17) is 4.52 Å². The van der Waals surface area contributed by atoms with E-state index in [2.05, 4.69) is 15.5 Å². The smallest absolute Gasteiger partial charge is 0.219 e. The van der Waals surface area contributed by atoms with E-state index in [1.165, 1.54) is 4.69 Å². The minimum atomic E-state index is 0.646. The quantitative estimate of drug-likeness (QED) is 0.497. The third kappa shape index (κ3) is 0.509. The molecule has 0 spiro atoms. The molecule has 0 unspecified atom stereocenters. The number of aryl methyl sites for hydroxylation is 1. The van der Waals surface area contributed by atoms with Gasteiger partial charge in [0.1, 0.15) is 5.76 Å². The first-order chi connectivity index (χ1) is 4.36. The number of hydrogen-bond donors (Lipinski definition) is 0. The monoisotopic (exact) mass is 124 g/mol. The Bertz CT molecular complexity index is 293. The number of aromatic nitrogens is 4. The van der Waals surface area contributed by atoms with Gasteiger partial charge in [-0.2, -0.15) is 0 Å². The molecule has 2 rings (SSSR count). The van der Waals surface area contributed by atoms with Crippen molar-refractivity contribution in [2.45, 2.75) is 6.92 Å².